The number of hydrogen-bond donors (Lipinski definition) is 2. The number of unbranched alkanes of at least 4 members (excludes halogenated alkanes) is 2. The number of aliphatic carboxylic acids is 1. The van der Waals surface area contributed by atoms with Crippen molar-refractivity contribution in [3.63, 3.8) is 0 Å². The largest absolute Gasteiger partial charge is 0.481 e. The van der Waals surface area contributed by atoms with Gasteiger partial charge in [0.15, 0.2) is 0 Å². The average molecular weight is 174 g/mol. The standard InChI is InChI=1S/C9H18O3/c1-3-4-5-6-8(7(2)10)9(11)12/h7-8,10H,3-6H2,1-2H3,(H,11,12). The highest BCUT2D eigenvalue weighted by atomic mass is 16.4. The van der Waals surface area contributed by atoms with Gasteiger partial charge < -0.3 is 10.2 Å². The molecule has 3 heteroatoms. The van der Waals surface area contributed by atoms with E-state index in [1.54, 1.807) is 0 Å². The third-order valence-electron chi connectivity index (χ3n) is 2.02. The van der Waals surface area contributed by atoms with Gasteiger partial charge in [-0.25, -0.2) is 0 Å². The fourth-order valence-corrected chi connectivity index (χ4v) is 1.19. The van der Waals surface area contributed by atoms with Crippen LogP contribution in [0.15, 0.2) is 0 Å². The molecule has 0 aromatic heterocycles. The molecule has 0 aromatic carbocycles. The van der Waals surface area contributed by atoms with Crippen molar-refractivity contribution in [2.75, 3.05) is 0 Å². The lowest BCUT2D eigenvalue weighted by molar-refractivity contribution is -0.145. The first-order chi connectivity index (χ1) is 5.59. The van der Waals surface area contributed by atoms with Gasteiger partial charge in [0.25, 0.3) is 0 Å². The number of carboxylic acids is 1. The summed E-state index contributed by atoms with van der Waals surface area (Å²) >= 11 is 0. The maximum Gasteiger partial charge on any atom is 0.309 e. The van der Waals surface area contributed by atoms with Gasteiger partial charge in [0.2, 0.25) is 0 Å². The minimum atomic E-state index is -0.888. The van der Waals surface area contributed by atoms with E-state index < -0.39 is 18.0 Å². The van der Waals surface area contributed by atoms with Crippen molar-refractivity contribution in [3.8, 4) is 0 Å². The van der Waals surface area contributed by atoms with Gasteiger partial charge in [0.1, 0.15) is 0 Å². The molecule has 72 valence electrons. The molecule has 0 bridgehead atoms. The zero-order chi connectivity index (χ0) is 9.56. The van der Waals surface area contributed by atoms with Crippen LogP contribution in [0, 0.1) is 5.92 Å². The third-order valence-corrected chi connectivity index (χ3v) is 2.02. The Hall–Kier alpha value is -0.570. The highest BCUT2D eigenvalue weighted by Crippen LogP contribution is 2.13. The van der Waals surface area contributed by atoms with E-state index in [1.807, 2.05) is 0 Å². The first kappa shape index (κ1) is 11.4. The van der Waals surface area contributed by atoms with Gasteiger partial charge in [-0.1, -0.05) is 26.2 Å². The lowest BCUT2D eigenvalue weighted by atomic mass is 9.97. The first-order valence-electron chi connectivity index (χ1n) is 4.50. The Bertz CT molecular complexity index is 132. The summed E-state index contributed by atoms with van der Waals surface area (Å²) in [4.78, 5) is 10.6. The Labute approximate surface area is 73.4 Å². The molecule has 0 aliphatic carbocycles. The normalized spacial score (nSPS) is 15.6. The fraction of sp³-hybridized carbons (Fsp3) is 0.889. The molecule has 0 rings (SSSR count). The highest BCUT2D eigenvalue weighted by molar-refractivity contribution is 5.70. The molecule has 0 radical (unpaired) electrons. The molecule has 2 N–H and O–H groups in total. The second kappa shape index (κ2) is 6.00. The summed E-state index contributed by atoms with van der Waals surface area (Å²) < 4.78 is 0. The van der Waals surface area contributed by atoms with Crippen LogP contribution in [0.3, 0.4) is 0 Å². The van der Waals surface area contributed by atoms with E-state index in [-0.39, 0.29) is 0 Å². The SMILES string of the molecule is CCCCCC(C(=O)O)C(C)O. The quantitative estimate of drug-likeness (QED) is 0.602. The van der Waals surface area contributed by atoms with E-state index in [4.69, 9.17) is 10.2 Å². The van der Waals surface area contributed by atoms with Crippen molar-refractivity contribution in [2.24, 2.45) is 5.92 Å². The number of aliphatic hydroxyl groups is 1. The predicted octanol–water partition coefficient (Wildman–Crippen LogP) is 1.65. The van der Waals surface area contributed by atoms with Crippen LogP contribution in [0.25, 0.3) is 0 Å². The number of hydrogen-bond acceptors (Lipinski definition) is 2. The van der Waals surface area contributed by atoms with Crippen LogP contribution >= 0.6 is 0 Å². The van der Waals surface area contributed by atoms with E-state index in [9.17, 15) is 4.79 Å². The van der Waals surface area contributed by atoms with Gasteiger partial charge in [-0.3, -0.25) is 4.79 Å². The lowest BCUT2D eigenvalue weighted by Gasteiger charge is -2.14. The van der Waals surface area contributed by atoms with Gasteiger partial charge in [0, 0.05) is 0 Å². The van der Waals surface area contributed by atoms with Crippen LogP contribution in [-0.4, -0.2) is 22.3 Å². The van der Waals surface area contributed by atoms with Crippen molar-refractivity contribution in [1.29, 1.82) is 0 Å². The molecule has 12 heavy (non-hydrogen) atoms. The average Bonchev–Trinajstić information content (AvgIpc) is 1.96. The summed E-state index contributed by atoms with van der Waals surface area (Å²) in [7, 11) is 0. The smallest absolute Gasteiger partial charge is 0.309 e. The van der Waals surface area contributed by atoms with Crippen LogP contribution < -0.4 is 0 Å². The van der Waals surface area contributed by atoms with Gasteiger partial charge in [-0.05, 0) is 13.3 Å². The molecule has 0 saturated carbocycles. The van der Waals surface area contributed by atoms with Crippen molar-refractivity contribution in [3.05, 3.63) is 0 Å². The number of carbonyl (C=O) groups is 1. The molecule has 0 spiro atoms. The summed E-state index contributed by atoms with van der Waals surface area (Å²) in [6, 6.07) is 0. The molecular formula is C9H18O3. The maximum atomic E-state index is 10.6. The van der Waals surface area contributed by atoms with E-state index >= 15 is 0 Å². The minimum absolute atomic E-state index is 0.584. The van der Waals surface area contributed by atoms with Gasteiger partial charge >= 0.3 is 5.97 Å². The molecule has 3 nitrogen and oxygen atoms in total. The first-order valence-corrected chi connectivity index (χ1v) is 4.50. The Balaban J connectivity index is 3.72. The zero-order valence-electron chi connectivity index (χ0n) is 7.79. The lowest BCUT2D eigenvalue weighted by Crippen LogP contribution is -2.25. The van der Waals surface area contributed by atoms with Crippen LogP contribution in [0.5, 0.6) is 0 Å². The molecule has 0 saturated heterocycles. The number of carboxylic acid groups (broad SMARTS) is 1. The Morgan fingerprint density at radius 3 is 2.33 bits per heavy atom. The summed E-state index contributed by atoms with van der Waals surface area (Å²) in [5.74, 6) is -1.47. The number of aliphatic hydroxyl groups excluding tert-OH is 1. The van der Waals surface area contributed by atoms with Gasteiger partial charge in [-0.15, -0.1) is 0 Å². The van der Waals surface area contributed by atoms with Crippen LogP contribution in [0.1, 0.15) is 39.5 Å². The zero-order valence-corrected chi connectivity index (χ0v) is 7.79. The molecule has 0 amide bonds. The molecule has 2 unspecified atom stereocenters. The van der Waals surface area contributed by atoms with Crippen LogP contribution in [-0.2, 0) is 4.79 Å². The van der Waals surface area contributed by atoms with Gasteiger partial charge in [0.05, 0.1) is 12.0 Å². The molecule has 0 heterocycles. The molecule has 0 fully saturated rings. The summed E-state index contributed by atoms with van der Waals surface area (Å²) in [6.45, 7) is 3.60. The summed E-state index contributed by atoms with van der Waals surface area (Å²) in [6.07, 6.45) is 2.85. The Kier molecular flexibility index (Phi) is 5.72. The van der Waals surface area contributed by atoms with Crippen molar-refractivity contribution < 1.29 is 15.0 Å². The van der Waals surface area contributed by atoms with Crippen molar-refractivity contribution in [2.45, 2.75) is 45.6 Å². The summed E-state index contributed by atoms with van der Waals surface area (Å²) in [5, 5.41) is 17.8. The van der Waals surface area contributed by atoms with Crippen molar-refractivity contribution in [1.82, 2.24) is 0 Å². The molecule has 0 aliphatic rings. The van der Waals surface area contributed by atoms with Gasteiger partial charge in [-0.2, -0.15) is 0 Å². The third kappa shape index (κ3) is 4.34. The predicted molar refractivity (Wildman–Crippen MR) is 46.9 cm³/mol. The second-order valence-corrected chi connectivity index (χ2v) is 3.18. The Morgan fingerprint density at radius 2 is 2.00 bits per heavy atom. The molecule has 0 aromatic rings. The van der Waals surface area contributed by atoms with E-state index in [0.29, 0.717) is 6.42 Å². The fourth-order valence-electron chi connectivity index (χ4n) is 1.19. The summed E-state index contributed by atoms with van der Waals surface area (Å²) in [5.41, 5.74) is 0. The number of rotatable bonds is 6. The second-order valence-electron chi connectivity index (χ2n) is 3.18. The molecule has 2 atom stereocenters. The molecule has 0 aliphatic heterocycles. The minimum Gasteiger partial charge on any atom is -0.481 e. The Morgan fingerprint density at radius 1 is 1.42 bits per heavy atom. The van der Waals surface area contributed by atoms with E-state index in [2.05, 4.69) is 6.92 Å². The topological polar surface area (TPSA) is 57.5 Å². The maximum absolute atomic E-state index is 10.6. The van der Waals surface area contributed by atoms with Crippen LogP contribution in [0.4, 0.5) is 0 Å². The van der Waals surface area contributed by atoms with E-state index in [1.165, 1.54) is 6.92 Å². The molecular weight excluding hydrogens is 156 g/mol. The highest BCUT2D eigenvalue weighted by Gasteiger charge is 2.21. The van der Waals surface area contributed by atoms with E-state index in [0.717, 1.165) is 19.3 Å². The van der Waals surface area contributed by atoms with Crippen molar-refractivity contribution >= 4 is 5.97 Å². The monoisotopic (exact) mass is 174 g/mol. The van der Waals surface area contributed by atoms with Crippen LogP contribution in [0.2, 0.25) is 0 Å².